The van der Waals surface area contributed by atoms with Crippen LogP contribution in [0.2, 0.25) is 10.0 Å². The van der Waals surface area contributed by atoms with Crippen LogP contribution in [-0.4, -0.2) is 11.7 Å². The molecule has 0 aliphatic rings. The highest BCUT2D eigenvalue weighted by atomic mass is 35.5. The number of methoxy groups -OCH3 is 1. The summed E-state index contributed by atoms with van der Waals surface area (Å²) in [7, 11) is 1.57. The molecular formula is C26H17Cl2F3N2O2S. The largest absolute Gasteiger partial charge is 0.496 e. The fourth-order valence-electron chi connectivity index (χ4n) is 3.82. The first-order chi connectivity index (χ1) is 17.0. The summed E-state index contributed by atoms with van der Waals surface area (Å²) in [6, 6.07) is 15.9. The molecule has 184 valence electrons. The van der Waals surface area contributed by atoms with E-state index < -0.39 is 22.9 Å². The number of nitrogens with zero attached hydrogens (tertiary/aromatic N) is 2. The first kappa shape index (κ1) is 25.8. The van der Waals surface area contributed by atoms with Crippen molar-refractivity contribution >= 4 is 34.5 Å². The van der Waals surface area contributed by atoms with Crippen LogP contribution in [-0.2, 0) is 12.7 Å². The van der Waals surface area contributed by atoms with Gasteiger partial charge in [-0.15, -0.1) is 11.3 Å². The van der Waals surface area contributed by atoms with E-state index >= 15 is 0 Å². The molecule has 0 saturated carbocycles. The Hall–Kier alpha value is -3.25. The number of rotatable bonds is 5. The summed E-state index contributed by atoms with van der Waals surface area (Å²) in [6.45, 7) is 1.74. The van der Waals surface area contributed by atoms with Crippen molar-refractivity contribution in [3.05, 3.63) is 97.3 Å². The maximum atomic E-state index is 13.8. The van der Waals surface area contributed by atoms with Crippen molar-refractivity contribution in [2.75, 3.05) is 7.11 Å². The Morgan fingerprint density at radius 3 is 2.39 bits per heavy atom. The Labute approximate surface area is 218 Å². The maximum Gasteiger partial charge on any atom is 0.417 e. The number of benzene rings is 2. The fourth-order valence-corrected chi connectivity index (χ4v) is 5.32. The SMILES string of the molecule is COc1ccc(-c2ccc(-c3cc(C(F)(F)F)c(C#N)c(=O)n3Cc3ccc(Cl)cc3Cl)s2)cc1C. The Morgan fingerprint density at radius 2 is 1.78 bits per heavy atom. The van der Waals surface area contributed by atoms with Gasteiger partial charge in [-0.1, -0.05) is 29.3 Å². The van der Waals surface area contributed by atoms with Gasteiger partial charge in [-0.05, 0) is 72.1 Å². The van der Waals surface area contributed by atoms with Crippen molar-refractivity contribution in [1.29, 1.82) is 5.26 Å². The van der Waals surface area contributed by atoms with Crippen molar-refractivity contribution in [3.8, 4) is 32.8 Å². The zero-order valence-electron chi connectivity index (χ0n) is 18.9. The van der Waals surface area contributed by atoms with E-state index in [0.717, 1.165) is 26.6 Å². The molecule has 4 rings (SSSR count). The molecule has 2 aromatic carbocycles. The Morgan fingerprint density at radius 1 is 1.06 bits per heavy atom. The van der Waals surface area contributed by atoms with E-state index in [0.29, 0.717) is 21.2 Å². The molecule has 0 unspecified atom stereocenters. The lowest BCUT2D eigenvalue weighted by Gasteiger charge is -2.17. The van der Waals surface area contributed by atoms with Crippen LogP contribution in [0.25, 0.3) is 21.0 Å². The highest BCUT2D eigenvalue weighted by Gasteiger charge is 2.36. The molecule has 0 fully saturated rings. The van der Waals surface area contributed by atoms with Crippen LogP contribution >= 0.6 is 34.5 Å². The van der Waals surface area contributed by atoms with E-state index in [-0.39, 0.29) is 17.3 Å². The van der Waals surface area contributed by atoms with Crippen molar-refractivity contribution in [2.45, 2.75) is 19.6 Å². The summed E-state index contributed by atoms with van der Waals surface area (Å²) >= 11 is 13.5. The van der Waals surface area contributed by atoms with Crippen LogP contribution in [0.3, 0.4) is 0 Å². The molecule has 0 spiro atoms. The number of ether oxygens (including phenoxy) is 1. The van der Waals surface area contributed by atoms with E-state index in [1.807, 2.05) is 25.1 Å². The molecule has 0 amide bonds. The van der Waals surface area contributed by atoms with E-state index in [1.165, 1.54) is 23.5 Å². The van der Waals surface area contributed by atoms with Crippen LogP contribution in [0.4, 0.5) is 13.2 Å². The average molecular weight is 549 g/mol. The molecular weight excluding hydrogens is 532 g/mol. The number of hydrogen-bond donors (Lipinski definition) is 0. The number of hydrogen-bond acceptors (Lipinski definition) is 4. The first-order valence-corrected chi connectivity index (χ1v) is 12.0. The number of halogens is 5. The number of nitriles is 1. The Kier molecular flexibility index (Phi) is 7.19. The van der Waals surface area contributed by atoms with Crippen LogP contribution in [0.15, 0.2) is 59.4 Å². The lowest BCUT2D eigenvalue weighted by atomic mass is 10.1. The second kappa shape index (κ2) is 10.0. The third kappa shape index (κ3) is 5.00. The van der Waals surface area contributed by atoms with Crippen LogP contribution < -0.4 is 10.3 Å². The molecule has 0 radical (unpaired) electrons. The minimum Gasteiger partial charge on any atom is -0.496 e. The van der Waals surface area contributed by atoms with Crippen molar-refractivity contribution < 1.29 is 17.9 Å². The minimum atomic E-state index is -4.89. The lowest BCUT2D eigenvalue weighted by Crippen LogP contribution is -2.28. The van der Waals surface area contributed by atoms with Gasteiger partial charge in [0.15, 0.2) is 0 Å². The van der Waals surface area contributed by atoms with Gasteiger partial charge >= 0.3 is 6.18 Å². The number of aromatic nitrogens is 1. The monoisotopic (exact) mass is 548 g/mol. The van der Waals surface area contributed by atoms with Gasteiger partial charge in [0.2, 0.25) is 0 Å². The van der Waals surface area contributed by atoms with Crippen molar-refractivity contribution in [1.82, 2.24) is 4.57 Å². The van der Waals surface area contributed by atoms with Gasteiger partial charge in [0, 0.05) is 14.9 Å². The fraction of sp³-hybridized carbons (Fsp3) is 0.154. The first-order valence-electron chi connectivity index (χ1n) is 10.5. The third-order valence-electron chi connectivity index (χ3n) is 5.60. The van der Waals surface area contributed by atoms with Gasteiger partial charge in [0.1, 0.15) is 17.4 Å². The zero-order chi connectivity index (χ0) is 26.2. The summed E-state index contributed by atoms with van der Waals surface area (Å²) in [4.78, 5) is 14.4. The average Bonchev–Trinajstić information content (AvgIpc) is 3.31. The normalized spacial score (nSPS) is 11.4. The van der Waals surface area contributed by atoms with Gasteiger partial charge < -0.3 is 9.30 Å². The predicted octanol–water partition coefficient (Wildman–Crippen LogP) is 7.81. The summed E-state index contributed by atoms with van der Waals surface area (Å²) in [6.07, 6.45) is -4.89. The molecule has 0 atom stereocenters. The van der Waals surface area contributed by atoms with Gasteiger partial charge in [-0.2, -0.15) is 18.4 Å². The van der Waals surface area contributed by atoms with Crippen molar-refractivity contribution in [2.24, 2.45) is 0 Å². The van der Waals surface area contributed by atoms with Gasteiger partial charge in [-0.25, -0.2) is 0 Å². The van der Waals surface area contributed by atoms with Crippen LogP contribution in [0.1, 0.15) is 22.3 Å². The summed E-state index contributed by atoms with van der Waals surface area (Å²) in [5, 5.41) is 10.0. The van der Waals surface area contributed by atoms with Gasteiger partial charge in [0.05, 0.1) is 29.8 Å². The van der Waals surface area contributed by atoms with Crippen molar-refractivity contribution in [3.63, 3.8) is 0 Å². The Bertz CT molecular complexity index is 1570. The third-order valence-corrected chi connectivity index (χ3v) is 7.34. The standard InChI is InChI=1S/C26H17Cl2F3N2O2S/c1-14-9-15(4-6-22(14)35-2)23-7-8-24(36-23)21-11-19(26(29,30)31)18(12-32)25(34)33(21)13-16-3-5-17(27)10-20(16)28/h3-11H,13H2,1-2H3. The second-order valence-electron chi connectivity index (χ2n) is 7.90. The number of pyridine rings is 1. The highest BCUT2D eigenvalue weighted by Crippen LogP contribution is 2.39. The van der Waals surface area contributed by atoms with E-state index in [1.54, 1.807) is 31.4 Å². The molecule has 2 aromatic heterocycles. The van der Waals surface area contributed by atoms with Crippen LogP contribution in [0, 0.1) is 18.3 Å². The zero-order valence-corrected chi connectivity index (χ0v) is 21.2. The molecule has 0 aliphatic carbocycles. The molecule has 36 heavy (non-hydrogen) atoms. The second-order valence-corrected chi connectivity index (χ2v) is 9.83. The van der Waals surface area contributed by atoms with E-state index in [4.69, 9.17) is 27.9 Å². The lowest BCUT2D eigenvalue weighted by molar-refractivity contribution is -0.137. The molecule has 4 aromatic rings. The van der Waals surface area contributed by atoms with E-state index in [2.05, 4.69) is 0 Å². The maximum absolute atomic E-state index is 13.8. The number of aryl methyl sites for hydroxylation is 1. The molecule has 10 heteroatoms. The molecule has 4 nitrogen and oxygen atoms in total. The minimum absolute atomic E-state index is 0.0267. The highest BCUT2D eigenvalue weighted by molar-refractivity contribution is 7.18. The molecule has 0 bridgehead atoms. The predicted molar refractivity (Wildman–Crippen MR) is 136 cm³/mol. The molecule has 2 heterocycles. The van der Waals surface area contributed by atoms with E-state index in [9.17, 15) is 23.2 Å². The molecule has 0 N–H and O–H groups in total. The van der Waals surface area contributed by atoms with Gasteiger partial charge in [0.25, 0.3) is 5.56 Å². The van der Waals surface area contributed by atoms with Gasteiger partial charge in [-0.3, -0.25) is 4.79 Å². The molecule has 0 saturated heterocycles. The summed E-state index contributed by atoms with van der Waals surface area (Å²) < 4.78 is 47.9. The van der Waals surface area contributed by atoms with Crippen LogP contribution in [0.5, 0.6) is 5.75 Å². The summed E-state index contributed by atoms with van der Waals surface area (Å²) in [5.41, 5.74) is -1.06. The topological polar surface area (TPSA) is 55.0 Å². The quantitative estimate of drug-likeness (QED) is 0.255. The number of alkyl halides is 3. The number of thiophene rings is 1. The smallest absolute Gasteiger partial charge is 0.417 e. The summed E-state index contributed by atoms with van der Waals surface area (Å²) in [5.74, 6) is 0.714. The molecule has 0 aliphatic heterocycles. The Balaban J connectivity index is 1.91.